The lowest BCUT2D eigenvalue weighted by Crippen LogP contribution is -2.38. The van der Waals surface area contributed by atoms with Gasteiger partial charge in [0.2, 0.25) is 10.0 Å². The predicted octanol–water partition coefficient (Wildman–Crippen LogP) is 2.16. The van der Waals surface area contributed by atoms with E-state index < -0.39 is 10.0 Å². The number of nitrogens with one attached hydrogen (secondary N) is 1. The van der Waals surface area contributed by atoms with Gasteiger partial charge in [-0.3, -0.25) is 4.79 Å². The summed E-state index contributed by atoms with van der Waals surface area (Å²) in [6.45, 7) is 0.384. The minimum atomic E-state index is -3.32. The molecule has 7 heteroatoms. The molecule has 6 nitrogen and oxygen atoms in total. The van der Waals surface area contributed by atoms with Gasteiger partial charge >= 0.3 is 0 Å². The second-order valence-corrected chi connectivity index (χ2v) is 8.39. The highest BCUT2D eigenvalue weighted by Crippen LogP contribution is 2.22. The number of nitrogens with zero attached hydrogens (tertiary/aromatic N) is 2. The Hall–Kier alpha value is -1.99. The van der Waals surface area contributed by atoms with Crippen molar-refractivity contribution in [2.24, 2.45) is 0 Å². The molecule has 3 rings (SSSR count). The summed E-state index contributed by atoms with van der Waals surface area (Å²) in [4.78, 5) is 12.0. The Labute approximate surface area is 147 Å². The van der Waals surface area contributed by atoms with E-state index in [0.29, 0.717) is 5.69 Å². The molecule has 2 aromatic rings. The Morgan fingerprint density at radius 3 is 2.48 bits per heavy atom. The van der Waals surface area contributed by atoms with Crippen molar-refractivity contribution in [1.82, 2.24) is 14.5 Å². The van der Waals surface area contributed by atoms with E-state index in [1.54, 1.807) is 6.07 Å². The normalized spacial score (nSPS) is 16.0. The van der Waals surface area contributed by atoms with Gasteiger partial charge in [-0.15, -0.1) is 0 Å². The van der Waals surface area contributed by atoms with E-state index in [0.717, 1.165) is 37.7 Å². The molecule has 0 radical (unpaired) electrons. The summed E-state index contributed by atoms with van der Waals surface area (Å²) < 4.78 is 28.6. The molecular weight excluding hydrogens is 338 g/mol. The zero-order valence-corrected chi connectivity index (χ0v) is 14.9. The van der Waals surface area contributed by atoms with Crippen LogP contribution in [0.5, 0.6) is 0 Å². The zero-order chi connectivity index (χ0) is 17.7. The molecule has 1 aliphatic carbocycles. The van der Waals surface area contributed by atoms with Gasteiger partial charge in [0.1, 0.15) is 0 Å². The number of aromatic nitrogens is 2. The third kappa shape index (κ3) is 4.55. The van der Waals surface area contributed by atoms with Crippen LogP contribution < -0.4 is 10.3 Å². The van der Waals surface area contributed by atoms with E-state index in [1.807, 2.05) is 30.3 Å². The summed E-state index contributed by atoms with van der Waals surface area (Å²) in [5.74, 6) is 0. The van der Waals surface area contributed by atoms with Crippen molar-refractivity contribution >= 4 is 10.0 Å². The highest BCUT2D eigenvalue weighted by Gasteiger charge is 2.26. The van der Waals surface area contributed by atoms with Gasteiger partial charge in [-0.25, -0.2) is 17.8 Å². The van der Waals surface area contributed by atoms with Crippen LogP contribution in [-0.4, -0.2) is 30.0 Å². The molecule has 0 aliphatic heterocycles. The van der Waals surface area contributed by atoms with Gasteiger partial charge < -0.3 is 0 Å². The standard InChI is InChI=1S/C18H23N3O3S/c22-18-12-11-17(15-7-3-1-4-8-15)20-21(18)14-13-19-25(23,24)16-9-5-2-6-10-16/h1,3-4,7-8,11-12,16,19H,2,5-6,9-10,13-14H2. The number of sulfonamides is 1. The highest BCUT2D eigenvalue weighted by atomic mass is 32.2. The van der Waals surface area contributed by atoms with E-state index in [2.05, 4.69) is 9.82 Å². The van der Waals surface area contributed by atoms with Crippen molar-refractivity contribution in [1.29, 1.82) is 0 Å². The summed E-state index contributed by atoms with van der Waals surface area (Å²) in [7, 11) is -3.32. The first kappa shape index (κ1) is 17.8. The Balaban J connectivity index is 1.66. The van der Waals surface area contributed by atoms with Crippen LogP contribution in [0.1, 0.15) is 32.1 Å². The lowest BCUT2D eigenvalue weighted by molar-refractivity contribution is 0.474. The molecule has 1 fully saturated rings. The number of hydrogen-bond donors (Lipinski definition) is 1. The molecule has 0 bridgehead atoms. The van der Waals surface area contributed by atoms with Crippen molar-refractivity contribution in [2.75, 3.05) is 6.54 Å². The maximum Gasteiger partial charge on any atom is 0.266 e. The van der Waals surface area contributed by atoms with E-state index in [9.17, 15) is 13.2 Å². The molecule has 1 aromatic heterocycles. The minimum absolute atomic E-state index is 0.171. The van der Waals surface area contributed by atoms with Crippen molar-refractivity contribution < 1.29 is 8.42 Å². The van der Waals surface area contributed by atoms with Crippen LogP contribution in [-0.2, 0) is 16.6 Å². The Morgan fingerprint density at radius 1 is 1.04 bits per heavy atom. The van der Waals surface area contributed by atoms with Gasteiger partial charge in [-0.1, -0.05) is 49.6 Å². The summed E-state index contributed by atoms with van der Waals surface area (Å²) >= 11 is 0. The molecule has 1 heterocycles. The number of rotatable bonds is 6. The second kappa shape index (κ2) is 7.93. The van der Waals surface area contributed by atoms with Gasteiger partial charge in [0.15, 0.2) is 0 Å². The Kier molecular flexibility index (Phi) is 5.65. The minimum Gasteiger partial charge on any atom is -0.268 e. The third-order valence-corrected chi connectivity index (χ3v) is 6.51. The summed E-state index contributed by atoms with van der Waals surface area (Å²) in [6.07, 6.45) is 4.48. The lowest BCUT2D eigenvalue weighted by Gasteiger charge is -2.22. The van der Waals surface area contributed by atoms with Crippen LogP contribution >= 0.6 is 0 Å². The highest BCUT2D eigenvalue weighted by molar-refractivity contribution is 7.90. The molecule has 0 atom stereocenters. The van der Waals surface area contributed by atoms with Gasteiger partial charge in [0.25, 0.3) is 5.56 Å². The number of hydrogen-bond acceptors (Lipinski definition) is 4. The molecule has 134 valence electrons. The second-order valence-electron chi connectivity index (χ2n) is 6.35. The average molecular weight is 361 g/mol. The monoisotopic (exact) mass is 361 g/mol. The third-order valence-electron chi connectivity index (χ3n) is 4.55. The van der Waals surface area contributed by atoms with Gasteiger partial charge in [0.05, 0.1) is 17.5 Å². The van der Waals surface area contributed by atoms with Crippen LogP contribution in [0.4, 0.5) is 0 Å². The van der Waals surface area contributed by atoms with Crippen LogP contribution in [0, 0.1) is 0 Å². The van der Waals surface area contributed by atoms with E-state index in [1.165, 1.54) is 10.7 Å². The smallest absolute Gasteiger partial charge is 0.266 e. The molecule has 1 aromatic carbocycles. The Morgan fingerprint density at radius 2 is 1.76 bits per heavy atom. The predicted molar refractivity (Wildman–Crippen MR) is 97.7 cm³/mol. The van der Waals surface area contributed by atoms with Crippen molar-refractivity contribution in [3.63, 3.8) is 0 Å². The van der Waals surface area contributed by atoms with Crippen LogP contribution in [0.3, 0.4) is 0 Å². The average Bonchev–Trinajstić information content (AvgIpc) is 2.64. The fourth-order valence-corrected chi connectivity index (χ4v) is 4.72. The SMILES string of the molecule is O=c1ccc(-c2ccccc2)nn1CCNS(=O)(=O)C1CCCCC1. The molecule has 1 aliphatic rings. The summed E-state index contributed by atoms with van der Waals surface area (Å²) in [6, 6.07) is 12.7. The van der Waals surface area contributed by atoms with Crippen LogP contribution in [0.25, 0.3) is 11.3 Å². The first-order valence-corrected chi connectivity index (χ1v) is 10.2. The van der Waals surface area contributed by atoms with Crippen LogP contribution in [0.15, 0.2) is 47.3 Å². The van der Waals surface area contributed by atoms with Crippen molar-refractivity contribution in [3.8, 4) is 11.3 Å². The fraction of sp³-hybridized carbons (Fsp3) is 0.444. The van der Waals surface area contributed by atoms with Crippen molar-refractivity contribution in [3.05, 3.63) is 52.8 Å². The van der Waals surface area contributed by atoms with Gasteiger partial charge in [-0.05, 0) is 18.9 Å². The topological polar surface area (TPSA) is 81.1 Å². The van der Waals surface area contributed by atoms with E-state index in [4.69, 9.17) is 0 Å². The molecule has 0 amide bonds. The van der Waals surface area contributed by atoms with Crippen LogP contribution in [0.2, 0.25) is 0 Å². The maximum absolute atomic E-state index is 12.3. The molecule has 0 saturated heterocycles. The fourth-order valence-electron chi connectivity index (χ4n) is 3.16. The molecular formula is C18H23N3O3S. The molecule has 1 saturated carbocycles. The Bertz CT molecular complexity index is 857. The van der Waals surface area contributed by atoms with Gasteiger partial charge in [-0.2, -0.15) is 5.10 Å². The quantitative estimate of drug-likeness (QED) is 0.855. The summed E-state index contributed by atoms with van der Waals surface area (Å²) in [5, 5.41) is 4.04. The first-order valence-electron chi connectivity index (χ1n) is 8.68. The lowest BCUT2D eigenvalue weighted by atomic mass is 10.0. The van der Waals surface area contributed by atoms with E-state index in [-0.39, 0.29) is 23.9 Å². The summed E-state index contributed by atoms with van der Waals surface area (Å²) in [5.41, 5.74) is 1.37. The van der Waals surface area contributed by atoms with Gasteiger partial charge in [0, 0.05) is 18.2 Å². The largest absolute Gasteiger partial charge is 0.268 e. The van der Waals surface area contributed by atoms with E-state index >= 15 is 0 Å². The molecule has 0 unspecified atom stereocenters. The number of benzene rings is 1. The zero-order valence-electron chi connectivity index (χ0n) is 14.1. The first-order chi connectivity index (χ1) is 12.1. The molecule has 0 spiro atoms. The maximum atomic E-state index is 12.3. The molecule has 1 N–H and O–H groups in total. The van der Waals surface area contributed by atoms with Crippen molar-refractivity contribution in [2.45, 2.75) is 43.9 Å². The molecule has 25 heavy (non-hydrogen) atoms.